The highest BCUT2D eigenvalue weighted by molar-refractivity contribution is 5.82. The number of phenols is 1. The third kappa shape index (κ3) is 2.02. The number of carboxylic acid groups (broad SMARTS) is 1. The maximum Gasteiger partial charge on any atom is 0.314 e. The Labute approximate surface area is 101 Å². The summed E-state index contributed by atoms with van der Waals surface area (Å²) in [6.07, 6.45) is 4.17. The van der Waals surface area contributed by atoms with Crippen molar-refractivity contribution in [3.8, 4) is 5.75 Å². The molecule has 17 heavy (non-hydrogen) atoms. The molecule has 1 aromatic rings. The van der Waals surface area contributed by atoms with Crippen LogP contribution in [-0.4, -0.2) is 16.2 Å². The van der Waals surface area contributed by atoms with Crippen LogP contribution in [-0.2, 0) is 10.2 Å². The molecule has 0 atom stereocenters. The summed E-state index contributed by atoms with van der Waals surface area (Å²) >= 11 is 0. The Balaban J connectivity index is 2.49. The Bertz CT molecular complexity index is 431. The van der Waals surface area contributed by atoms with Crippen LogP contribution < -0.4 is 0 Å². The van der Waals surface area contributed by atoms with Crippen molar-refractivity contribution in [1.82, 2.24) is 0 Å². The van der Waals surface area contributed by atoms with Crippen molar-refractivity contribution in [2.24, 2.45) is 0 Å². The molecule has 3 nitrogen and oxygen atoms in total. The molecule has 1 aliphatic carbocycles. The third-order valence-electron chi connectivity index (χ3n) is 3.79. The number of carboxylic acids is 1. The third-order valence-corrected chi connectivity index (χ3v) is 3.79. The number of phenolic OH excluding ortho intramolecular Hbond substituents is 1. The predicted molar refractivity (Wildman–Crippen MR) is 65.2 cm³/mol. The summed E-state index contributed by atoms with van der Waals surface area (Å²) in [5, 5.41) is 19.5. The van der Waals surface area contributed by atoms with Crippen LogP contribution in [0.2, 0.25) is 0 Å². The zero-order valence-electron chi connectivity index (χ0n) is 10.1. The van der Waals surface area contributed by atoms with Gasteiger partial charge in [-0.25, -0.2) is 0 Å². The van der Waals surface area contributed by atoms with E-state index in [2.05, 4.69) is 0 Å². The first-order chi connectivity index (χ1) is 8.06. The Morgan fingerprint density at radius 3 is 2.41 bits per heavy atom. The second-order valence-electron chi connectivity index (χ2n) is 4.97. The molecule has 92 valence electrons. The van der Waals surface area contributed by atoms with Gasteiger partial charge >= 0.3 is 5.97 Å². The van der Waals surface area contributed by atoms with Crippen molar-refractivity contribution in [2.45, 2.75) is 44.4 Å². The quantitative estimate of drug-likeness (QED) is 0.827. The Hall–Kier alpha value is -1.51. The van der Waals surface area contributed by atoms with Crippen LogP contribution in [0.5, 0.6) is 5.75 Å². The van der Waals surface area contributed by atoms with Crippen LogP contribution in [0, 0.1) is 6.92 Å². The maximum atomic E-state index is 11.6. The minimum absolute atomic E-state index is 0.120. The molecular formula is C14H18O3. The topological polar surface area (TPSA) is 57.5 Å². The lowest BCUT2D eigenvalue weighted by Crippen LogP contribution is -2.37. The second kappa shape index (κ2) is 4.40. The average molecular weight is 234 g/mol. The van der Waals surface area contributed by atoms with Crippen LogP contribution in [0.25, 0.3) is 0 Å². The van der Waals surface area contributed by atoms with Gasteiger partial charge in [0.1, 0.15) is 5.75 Å². The van der Waals surface area contributed by atoms with Gasteiger partial charge in [-0.05, 0) is 31.4 Å². The predicted octanol–water partition coefficient (Wildman–Crippen LogP) is 2.99. The molecule has 0 heterocycles. The van der Waals surface area contributed by atoms with Gasteiger partial charge in [0.25, 0.3) is 0 Å². The highest BCUT2D eigenvalue weighted by atomic mass is 16.4. The number of benzene rings is 1. The SMILES string of the molecule is Cc1ccc(C2(C(=O)O)CCCCC2)c(O)c1. The molecule has 1 saturated carbocycles. The molecule has 1 fully saturated rings. The van der Waals surface area contributed by atoms with Gasteiger partial charge in [0.2, 0.25) is 0 Å². The van der Waals surface area contributed by atoms with Crippen molar-refractivity contribution in [1.29, 1.82) is 0 Å². The van der Waals surface area contributed by atoms with Crippen LogP contribution >= 0.6 is 0 Å². The van der Waals surface area contributed by atoms with Crippen LogP contribution in [0.3, 0.4) is 0 Å². The molecule has 1 aliphatic rings. The van der Waals surface area contributed by atoms with E-state index in [9.17, 15) is 15.0 Å². The molecule has 0 aromatic heterocycles. The standard InChI is InChI=1S/C14H18O3/c1-10-5-6-11(12(15)9-10)14(13(16)17)7-3-2-4-8-14/h5-6,9,15H,2-4,7-8H2,1H3,(H,16,17). The Morgan fingerprint density at radius 1 is 1.24 bits per heavy atom. The van der Waals surface area contributed by atoms with E-state index in [0.29, 0.717) is 18.4 Å². The molecule has 0 spiro atoms. The summed E-state index contributed by atoms with van der Waals surface area (Å²) in [7, 11) is 0. The summed E-state index contributed by atoms with van der Waals surface area (Å²) in [4.78, 5) is 11.6. The monoisotopic (exact) mass is 234 g/mol. The molecular weight excluding hydrogens is 216 g/mol. The Kier molecular flexibility index (Phi) is 3.09. The minimum Gasteiger partial charge on any atom is -0.508 e. The van der Waals surface area contributed by atoms with Gasteiger partial charge in [-0.2, -0.15) is 0 Å². The van der Waals surface area contributed by atoms with E-state index in [1.165, 1.54) is 0 Å². The number of hydrogen-bond acceptors (Lipinski definition) is 2. The smallest absolute Gasteiger partial charge is 0.314 e. The summed E-state index contributed by atoms with van der Waals surface area (Å²) in [6.45, 7) is 1.89. The fourth-order valence-electron chi connectivity index (χ4n) is 2.80. The molecule has 2 N–H and O–H groups in total. The van der Waals surface area contributed by atoms with Gasteiger partial charge in [0, 0.05) is 5.56 Å². The Morgan fingerprint density at radius 2 is 1.88 bits per heavy atom. The van der Waals surface area contributed by atoms with E-state index in [1.807, 2.05) is 13.0 Å². The van der Waals surface area contributed by atoms with Gasteiger partial charge in [0.15, 0.2) is 0 Å². The number of hydrogen-bond donors (Lipinski definition) is 2. The molecule has 0 bridgehead atoms. The van der Waals surface area contributed by atoms with Crippen molar-refractivity contribution in [3.63, 3.8) is 0 Å². The van der Waals surface area contributed by atoms with Crippen molar-refractivity contribution < 1.29 is 15.0 Å². The summed E-state index contributed by atoms with van der Waals surface area (Å²) in [5.41, 5.74) is 0.647. The fourth-order valence-corrected chi connectivity index (χ4v) is 2.80. The van der Waals surface area contributed by atoms with Crippen molar-refractivity contribution in [3.05, 3.63) is 29.3 Å². The van der Waals surface area contributed by atoms with Crippen molar-refractivity contribution in [2.75, 3.05) is 0 Å². The fraction of sp³-hybridized carbons (Fsp3) is 0.500. The lowest BCUT2D eigenvalue weighted by Gasteiger charge is -2.34. The highest BCUT2D eigenvalue weighted by Crippen LogP contribution is 2.43. The molecule has 0 amide bonds. The van der Waals surface area contributed by atoms with E-state index in [0.717, 1.165) is 24.8 Å². The average Bonchev–Trinajstić information content (AvgIpc) is 2.29. The summed E-state index contributed by atoms with van der Waals surface area (Å²) in [6, 6.07) is 5.28. The lowest BCUT2D eigenvalue weighted by atomic mass is 9.69. The number of rotatable bonds is 2. The first-order valence-corrected chi connectivity index (χ1v) is 6.10. The second-order valence-corrected chi connectivity index (χ2v) is 4.97. The molecule has 0 aliphatic heterocycles. The number of carbonyl (C=O) groups is 1. The van der Waals surface area contributed by atoms with E-state index >= 15 is 0 Å². The van der Waals surface area contributed by atoms with Gasteiger partial charge < -0.3 is 10.2 Å². The van der Waals surface area contributed by atoms with E-state index in [-0.39, 0.29) is 5.75 Å². The highest BCUT2D eigenvalue weighted by Gasteiger charge is 2.42. The summed E-state index contributed by atoms with van der Waals surface area (Å²) < 4.78 is 0. The molecule has 0 unspecified atom stereocenters. The molecule has 0 saturated heterocycles. The van der Waals surface area contributed by atoms with Gasteiger partial charge in [-0.1, -0.05) is 31.4 Å². The number of aryl methyl sites for hydroxylation is 1. The van der Waals surface area contributed by atoms with Gasteiger partial charge in [-0.3, -0.25) is 4.79 Å². The molecule has 2 rings (SSSR count). The van der Waals surface area contributed by atoms with Crippen LogP contribution in [0.1, 0.15) is 43.2 Å². The first kappa shape index (κ1) is 12.0. The largest absolute Gasteiger partial charge is 0.508 e. The lowest BCUT2D eigenvalue weighted by molar-refractivity contribution is -0.145. The zero-order chi connectivity index (χ0) is 12.5. The minimum atomic E-state index is -0.879. The van der Waals surface area contributed by atoms with Crippen molar-refractivity contribution >= 4 is 5.97 Å². The normalized spacial score (nSPS) is 18.9. The zero-order valence-corrected chi connectivity index (χ0v) is 10.1. The summed E-state index contributed by atoms with van der Waals surface area (Å²) in [5.74, 6) is -0.689. The number of aliphatic carboxylic acids is 1. The molecule has 0 radical (unpaired) electrons. The maximum absolute atomic E-state index is 11.6. The van der Waals surface area contributed by atoms with E-state index in [1.54, 1.807) is 12.1 Å². The number of aromatic hydroxyl groups is 1. The molecule has 1 aromatic carbocycles. The van der Waals surface area contributed by atoms with Crippen LogP contribution in [0.4, 0.5) is 0 Å². The van der Waals surface area contributed by atoms with E-state index in [4.69, 9.17) is 0 Å². The van der Waals surface area contributed by atoms with Crippen LogP contribution in [0.15, 0.2) is 18.2 Å². The van der Waals surface area contributed by atoms with Gasteiger partial charge in [0.05, 0.1) is 5.41 Å². The van der Waals surface area contributed by atoms with E-state index < -0.39 is 11.4 Å². The first-order valence-electron chi connectivity index (χ1n) is 6.10. The molecule has 3 heteroatoms. The van der Waals surface area contributed by atoms with Gasteiger partial charge in [-0.15, -0.1) is 0 Å².